The lowest BCUT2D eigenvalue weighted by Gasteiger charge is -2.23. The average molecular weight is 213 g/mol. The van der Waals surface area contributed by atoms with Crippen molar-refractivity contribution in [2.75, 3.05) is 33.7 Å². The summed E-state index contributed by atoms with van der Waals surface area (Å²) < 4.78 is 0. The van der Waals surface area contributed by atoms with Crippen LogP contribution in [-0.4, -0.2) is 50.6 Å². The molecule has 2 N–H and O–H groups in total. The molecule has 1 amide bonds. The first-order valence-electron chi connectivity index (χ1n) is 5.83. The number of carbonyl (C=O) groups is 1. The topological polar surface area (TPSA) is 44.4 Å². The molecule has 0 aromatic heterocycles. The lowest BCUT2D eigenvalue weighted by Crippen LogP contribution is -2.43. The molecule has 1 atom stereocenters. The molecule has 0 aromatic carbocycles. The lowest BCUT2D eigenvalue weighted by atomic mass is 10.1. The Labute approximate surface area is 92.4 Å². The maximum atomic E-state index is 11.4. The molecular weight excluding hydrogens is 190 g/mol. The van der Waals surface area contributed by atoms with Crippen molar-refractivity contribution in [3.63, 3.8) is 0 Å². The standard InChI is InChI=1S/C11H23N3O/c1-14(2)8-6-11(15)13-9-10-5-3-4-7-12-10/h10,12H,3-9H2,1-2H3,(H,13,15). The number of amides is 1. The number of carbonyl (C=O) groups excluding carboxylic acids is 1. The number of rotatable bonds is 5. The van der Waals surface area contributed by atoms with E-state index in [4.69, 9.17) is 0 Å². The zero-order valence-electron chi connectivity index (χ0n) is 9.88. The lowest BCUT2D eigenvalue weighted by molar-refractivity contribution is -0.121. The summed E-state index contributed by atoms with van der Waals surface area (Å²) in [6.45, 7) is 2.70. The highest BCUT2D eigenvalue weighted by atomic mass is 16.1. The summed E-state index contributed by atoms with van der Waals surface area (Å²) in [4.78, 5) is 13.5. The van der Waals surface area contributed by atoms with Gasteiger partial charge in [0.25, 0.3) is 0 Å². The fourth-order valence-electron chi connectivity index (χ4n) is 1.75. The van der Waals surface area contributed by atoms with Crippen LogP contribution in [0.25, 0.3) is 0 Å². The zero-order valence-corrected chi connectivity index (χ0v) is 9.88. The molecule has 0 bridgehead atoms. The van der Waals surface area contributed by atoms with Crippen LogP contribution >= 0.6 is 0 Å². The van der Waals surface area contributed by atoms with E-state index >= 15 is 0 Å². The van der Waals surface area contributed by atoms with E-state index in [-0.39, 0.29) is 5.91 Å². The second kappa shape index (κ2) is 6.80. The molecule has 0 saturated carbocycles. The van der Waals surface area contributed by atoms with E-state index < -0.39 is 0 Å². The monoisotopic (exact) mass is 213 g/mol. The van der Waals surface area contributed by atoms with Crippen LogP contribution in [0.15, 0.2) is 0 Å². The van der Waals surface area contributed by atoms with Gasteiger partial charge in [0.1, 0.15) is 0 Å². The molecule has 1 rings (SSSR count). The van der Waals surface area contributed by atoms with E-state index in [1.54, 1.807) is 0 Å². The smallest absolute Gasteiger partial charge is 0.221 e. The number of nitrogens with zero attached hydrogens (tertiary/aromatic N) is 1. The molecule has 15 heavy (non-hydrogen) atoms. The molecule has 1 heterocycles. The van der Waals surface area contributed by atoms with Gasteiger partial charge in [0.2, 0.25) is 5.91 Å². The maximum Gasteiger partial charge on any atom is 0.221 e. The van der Waals surface area contributed by atoms with Crippen LogP contribution in [-0.2, 0) is 4.79 Å². The molecule has 4 heteroatoms. The molecule has 0 spiro atoms. The number of hydrogen-bond donors (Lipinski definition) is 2. The summed E-state index contributed by atoms with van der Waals surface area (Å²) in [6.07, 6.45) is 4.34. The second-order valence-corrected chi connectivity index (χ2v) is 4.50. The minimum absolute atomic E-state index is 0.163. The van der Waals surface area contributed by atoms with Gasteiger partial charge in [-0.2, -0.15) is 0 Å². The third kappa shape index (κ3) is 5.74. The molecule has 1 unspecified atom stereocenters. The van der Waals surface area contributed by atoms with Gasteiger partial charge in [-0.15, -0.1) is 0 Å². The highest BCUT2D eigenvalue weighted by Gasteiger charge is 2.12. The predicted molar refractivity (Wildman–Crippen MR) is 61.8 cm³/mol. The highest BCUT2D eigenvalue weighted by Crippen LogP contribution is 2.05. The van der Waals surface area contributed by atoms with Gasteiger partial charge in [-0.05, 0) is 33.5 Å². The summed E-state index contributed by atoms with van der Waals surface area (Å²) in [5.41, 5.74) is 0. The van der Waals surface area contributed by atoms with Crippen LogP contribution < -0.4 is 10.6 Å². The molecule has 0 aliphatic carbocycles. The van der Waals surface area contributed by atoms with Gasteiger partial charge < -0.3 is 15.5 Å². The van der Waals surface area contributed by atoms with E-state index in [1.165, 1.54) is 19.3 Å². The predicted octanol–water partition coefficient (Wildman–Crippen LogP) is 0.196. The largest absolute Gasteiger partial charge is 0.354 e. The average Bonchev–Trinajstić information content (AvgIpc) is 2.25. The van der Waals surface area contributed by atoms with Crippen molar-refractivity contribution < 1.29 is 4.79 Å². The van der Waals surface area contributed by atoms with Crippen molar-refractivity contribution in [3.05, 3.63) is 0 Å². The van der Waals surface area contributed by atoms with E-state index in [2.05, 4.69) is 10.6 Å². The Kier molecular flexibility index (Phi) is 5.65. The molecular formula is C11H23N3O. The Hall–Kier alpha value is -0.610. The van der Waals surface area contributed by atoms with Crippen LogP contribution in [0.1, 0.15) is 25.7 Å². The first-order chi connectivity index (χ1) is 7.18. The van der Waals surface area contributed by atoms with E-state index in [9.17, 15) is 4.79 Å². The molecule has 1 aliphatic heterocycles. The van der Waals surface area contributed by atoms with Crippen LogP contribution in [0.3, 0.4) is 0 Å². The molecule has 0 aromatic rings. The van der Waals surface area contributed by atoms with Crippen LogP contribution in [0, 0.1) is 0 Å². The minimum atomic E-state index is 0.163. The quantitative estimate of drug-likeness (QED) is 0.685. The summed E-state index contributed by atoms with van der Waals surface area (Å²) in [6, 6.07) is 0.488. The Morgan fingerprint density at radius 1 is 1.47 bits per heavy atom. The SMILES string of the molecule is CN(C)CCC(=O)NCC1CCCCN1. The van der Waals surface area contributed by atoms with Gasteiger partial charge in [0, 0.05) is 25.6 Å². The van der Waals surface area contributed by atoms with Crippen molar-refractivity contribution in [2.24, 2.45) is 0 Å². The molecule has 88 valence electrons. The molecule has 1 saturated heterocycles. The summed E-state index contributed by atoms with van der Waals surface area (Å²) in [5.74, 6) is 0.163. The van der Waals surface area contributed by atoms with Gasteiger partial charge in [0.05, 0.1) is 0 Å². The van der Waals surface area contributed by atoms with Crippen LogP contribution in [0.4, 0.5) is 0 Å². The highest BCUT2D eigenvalue weighted by molar-refractivity contribution is 5.76. The van der Waals surface area contributed by atoms with E-state index in [0.29, 0.717) is 12.5 Å². The van der Waals surface area contributed by atoms with Gasteiger partial charge in [-0.3, -0.25) is 4.79 Å². The maximum absolute atomic E-state index is 11.4. The van der Waals surface area contributed by atoms with Gasteiger partial charge in [-0.25, -0.2) is 0 Å². The summed E-state index contributed by atoms with van der Waals surface area (Å²) >= 11 is 0. The fraction of sp³-hybridized carbons (Fsp3) is 0.909. The van der Waals surface area contributed by atoms with E-state index in [0.717, 1.165) is 19.6 Å². The van der Waals surface area contributed by atoms with Crippen molar-refractivity contribution >= 4 is 5.91 Å². The Morgan fingerprint density at radius 3 is 2.87 bits per heavy atom. The van der Waals surface area contributed by atoms with Crippen molar-refractivity contribution in [1.29, 1.82) is 0 Å². The number of nitrogens with one attached hydrogen (secondary N) is 2. The van der Waals surface area contributed by atoms with Crippen molar-refractivity contribution in [2.45, 2.75) is 31.7 Å². The normalized spacial score (nSPS) is 21.7. The van der Waals surface area contributed by atoms with Gasteiger partial charge in [-0.1, -0.05) is 6.42 Å². The summed E-state index contributed by atoms with van der Waals surface area (Å²) in [5, 5.41) is 6.39. The van der Waals surface area contributed by atoms with Crippen molar-refractivity contribution in [1.82, 2.24) is 15.5 Å². The first-order valence-corrected chi connectivity index (χ1v) is 5.83. The Bertz CT molecular complexity index is 188. The minimum Gasteiger partial charge on any atom is -0.354 e. The Morgan fingerprint density at radius 2 is 2.27 bits per heavy atom. The Balaban J connectivity index is 2.05. The molecule has 1 aliphatic rings. The third-order valence-corrected chi connectivity index (χ3v) is 2.74. The van der Waals surface area contributed by atoms with Gasteiger partial charge in [0.15, 0.2) is 0 Å². The third-order valence-electron chi connectivity index (χ3n) is 2.74. The number of piperidine rings is 1. The fourth-order valence-corrected chi connectivity index (χ4v) is 1.75. The molecule has 1 fully saturated rings. The van der Waals surface area contributed by atoms with Crippen LogP contribution in [0.5, 0.6) is 0 Å². The molecule has 0 radical (unpaired) electrons. The first kappa shape index (κ1) is 12.5. The van der Waals surface area contributed by atoms with Gasteiger partial charge >= 0.3 is 0 Å². The second-order valence-electron chi connectivity index (χ2n) is 4.50. The van der Waals surface area contributed by atoms with Crippen LogP contribution in [0.2, 0.25) is 0 Å². The van der Waals surface area contributed by atoms with Crippen molar-refractivity contribution in [3.8, 4) is 0 Å². The number of hydrogen-bond acceptors (Lipinski definition) is 3. The molecule has 4 nitrogen and oxygen atoms in total. The summed E-state index contributed by atoms with van der Waals surface area (Å²) in [7, 11) is 3.96. The zero-order chi connectivity index (χ0) is 11.1. The van der Waals surface area contributed by atoms with E-state index in [1.807, 2.05) is 19.0 Å².